The van der Waals surface area contributed by atoms with E-state index in [4.69, 9.17) is 0 Å². The first kappa shape index (κ1) is 36.6. The van der Waals surface area contributed by atoms with Gasteiger partial charge in [0.15, 0.2) is 0 Å². The molecule has 4 aliphatic rings. The molecule has 0 aromatic heterocycles. The molecular formula is C46H52Cl2Zr. The Bertz CT molecular complexity index is 1740. The van der Waals surface area contributed by atoms with Crippen molar-refractivity contribution in [3.8, 4) is 22.3 Å². The van der Waals surface area contributed by atoms with Crippen molar-refractivity contribution in [2.45, 2.75) is 94.6 Å². The number of hydrogen-bond acceptors (Lipinski definition) is 0. The van der Waals surface area contributed by atoms with Gasteiger partial charge in [-0.25, -0.2) is 0 Å². The van der Waals surface area contributed by atoms with Crippen LogP contribution in [0.25, 0.3) is 34.4 Å². The summed E-state index contributed by atoms with van der Waals surface area (Å²) in [5, 5.41) is 0. The molecular weight excluding hydrogens is 715 g/mol. The van der Waals surface area contributed by atoms with Gasteiger partial charge in [-0.1, -0.05) is 0 Å². The Balaban J connectivity index is 0.00000208. The largest absolute Gasteiger partial charge is 1.00 e. The molecule has 1 heterocycles. The Morgan fingerprint density at radius 2 is 0.939 bits per heavy atom. The molecule has 0 N–H and O–H groups in total. The van der Waals surface area contributed by atoms with Crippen LogP contribution >= 0.6 is 0 Å². The van der Waals surface area contributed by atoms with Crippen LogP contribution in [0.2, 0.25) is 7.25 Å². The molecule has 0 nitrogen and oxygen atoms in total. The summed E-state index contributed by atoms with van der Waals surface area (Å²) in [4.78, 5) is 0. The average Bonchev–Trinajstić information content (AvgIpc) is 3.37. The summed E-state index contributed by atoms with van der Waals surface area (Å²) in [7, 11) is 0. The molecule has 0 bridgehead atoms. The number of hydrogen-bond donors (Lipinski definition) is 0. The number of halogens is 2. The van der Waals surface area contributed by atoms with Crippen molar-refractivity contribution >= 4 is 12.2 Å². The Kier molecular flexibility index (Phi) is 10.8. The van der Waals surface area contributed by atoms with E-state index in [-0.39, 0.29) is 24.8 Å². The van der Waals surface area contributed by atoms with Gasteiger partial charge in [-0.3, -0.25) is 0 Å². The second kappa shape index (κ2) is 14.4. The van der Waals surface area contributed by atoms with Crippen LogP contribution in [0.3, 0.4) is 0 Å². The molecule has 4 aromatic carbocycles. The van der Waals surface area contributed by atoms with Crippen molar-refractivity contribution in [1.82, 2.24) is 0 Å². The molecule has 0 radical (unpaired) electrons. The Hall–Kier alpha value is -2.18. The van der Waals surface area contributed by atoms with Gasteiger partial charge in [0.25, 0.3) is 0 Å². The fraction of sp³-hybridized carbons (Fsp3) is 0.391. The van der Waals surface area contributed by atoms with Crippen molar-refractivity contribution in [3.63, 3.8) is 0 Å². The molecule has 49 heavy (non-hydrogen) atoms. The van der Waals surface area contributed by atoms with Crippen molar-refractivity contribution in [3.05, 3.63) is 129 Å². The molecule has 2 fully saturated rings. The molecule has 1 saturated carbocycles. The first-order valence-electron chi connectivity index (χ1n) is 18.8. The summed E-state index contributed by atoms with van der Waals surface area (Å²) < 4.78 is 3.34. The fourth-order valence-corrected chi connectivity index (χ4v) is 34.3. The minimum absolute atomic E-state index is 0. The summed E-state index contributed by atoms with van der Waals surface area (Å²) in [6, 6.07) is 33.6. The van der Waals surface area contributed by atoms with Gasteiger partial charge in [-0.2, -0.15) is 0 Å². The monoisotopic (exact) mass is 764 g/mol. The van der Waals surface area contributed by atoms with Crippen LogP contribution in [-0.2, 0) is 33.1 Å². The summed E-state index contributed by atoms with van der Waals surface area (Å²) in [6.07, 6.45) is 13.4. The summed E-state index contributed by atoms with van der Waals surface area (Å²) in [5.74, 6) is 1.13. The second-order valence-corrected chi connectivity index (χ2v) is 27.1. The quantitative estimate of drug-likeness (QED) is 0.176. The van der Waals surface area contributed by atoms with E-state index < -0.39 is 20.3 Å². The van der Waals surface area contributed by atoms with Crippen LogP contribution in [0.1, 0.15) is 108 Å². The van der Waals surface area contributed by atoms with Crippen LogP contribution in [0, 0.1) is 11.8 Å². The molecule has 3 aliphatic carbocycles. The maximum atomic E-state index is 2.71. The van der Waals surface area contributed by atoms with Gasteiger partial charge in [-0.15, -0.1) is 0 Å². The Labute approximate surface area is 313 Å². The molecule has 4 aromatic rings. The third-order valence-electron chi connectivity index (χ3n) is 12.8. The molecule has 0 spiro atoms. The second-order valence-electron chi connectivity index (χ2n) is 15.7. The first-order chi connectivity index (χ1) is 22.9. The van der Waals surface area contributed by atoms with Gasteiger partial charge in [0.1, 0.15) is 0 Å². The fourth-order valence-electron chi connectivity index (χ4n) is 10.6. The van der Waals surface area contributed by atoms with E-state index in [0.717, 1.165) is 20.1 Å². The van der Waals surface area contributed by atoms with Crippen molar-refractivity contribution in [1.29, 1.82) is 0 Å². The number of fused-ring (bicyclic) bond motifs is 3. The predicted molar refractivity (Wildman–Crippen MR) is 200 cm³/mol. The van der Waals surface area contributed by atoms with Crippen LogP contribution in [0.5, 0.6) is 0 Å². The van der Waals surface area contributed by atoms with Crippen molar-refractivity contribution in [2.24, 2.45) is 11.8 Å². The summed E-state index contributed by atoms with van der Waals surface area (Å²) in [6.45, 7) is 14.5. The summed E-state index contributed by atoms with van der Waals surface area (Å²) in [5.41, 5.74) is 18.5. The SMILES string of the molecule is CCc1ccc(-c2cccc3c2C=C(C(C)C)[CH]3[Zr+2]2([CH]3C(C(C)C)=Cc4c(-c5ccc(CC)cc5)cccc43)[CH]3CCCC[CH]32)cc1.[Cl-].[Cl-]. The molecule has 4 unspecified atom stereocenters. The zero-order valence-corrected chi connectivity index (χ0v) is 34.2. The van der Waals surface area contributed by atoms with Crippen molar-refractivity contribution in [2.75, 3.05) is 0 Å². The van der Waals surface area contributed by atoms with Gasteiger partial charge in [0.05, 0.1) is 0 Å². The minimum Gasteiger partial charge on any atom is -1.00 e. The van der Waals surface area contributed by atoms with Gasteiger partial charge < -0.3 is 24.8 Å². The van der Waals surface area contributed by atoms with E-state index >= 15 is 0 Å². The maximum absolute atomic E-state index is 3.07. The van der Waals surface area contributed by atoms with Crippen LogP contribution in [-0.4, -0.2) is 0 Å². The zero-order valence-electron chi connectivity index (χ0n) is 30.2. The normalized spacial score (nSPS) is 23.4. The average molecular weight is 767 g/mol. The molecule has 1 saturated heterocycles. The zero-order chi connectivity index (χ0) is 32.4. The third kappa shape index (κ3) is 5.83. The van der Waals surface area contributed by atoms with E-state index in [0.29, 0.717) is 19.1 Å². The standard InChI is InChI=1S/2C20H21.C6H10.2ClH.Zr/c2*1-4-15-8-10-16(11-9-15)19-7-5-6-17-12-18(14(2)3)13-20(17)19;1-2-4-6-5-3-1;;;/h2*5-14H,4H2,1-3H3;1-2H,3-6H2;2*1H;/q;;;;;+2/p-2. The smallest absolute Gasteiger partial charge is 1.00 e. The Morgan fingerprint density at radius 3 is 1.29 bits per heavy atom. The van der Waals surface area contributed by atoms with E-state index in [2.05, 4.69) is 139 Å². The predicted octanol–water partition coefficient (Wildman–Crippen LogP) is 7.36. The maximum Gasteiger partial charge on any atom is -1.00 e. The summed E-state index contributed by atoms with van der Waals surface area (Å²) >= 11 is -3.07. The van der Waals surface area contributed by atoms with Crippen LogP contribution < -0.4 is 24.8 Å². The molecule has 254 valence electrons. The molecule has 3 heteroatoms. The first-order valence-corrected chi connectivity index (χ1v) is 24.4. The third-order valence-corrected chi connectivity index (χ3v) is 29.7. The Morgan fingerprint density at radius 1 is 0.551 bits per heavy atom. The molecule has 0 amide bonds. The van der Waals surface area contributed by atoms with Gasteiger partial charge in [0.2, 0.25) is 0 Å². The molecule has 4 atom stereocenters. The molecule has 1 aliphatic heterocycles. The van der Waals surface area contributed by atoms with E-state index in [9.17, 15) is 0 Å². The van der Waals surface area contributed by atoms with Gasteiger partial charge in [0, 0.05) is 0 Å². The van der Waals surface area contributed by atoms with Crippen LogP contribution in [0.4, 0.5) is 0 Å². The number of aryl methyl sites for hydroxylation is 2. The van der Waals surface area contributed by atoms with E-state index in [1.54, 1.807) is 33.4 Å². The number of benzene rings is 4. The van der Waals surface area contributed by atoms with Crippen LogP contribution in [0.15, 0.2) is 96.1 Å². The van der Waals surface area contributed by atoms with E-state index in [1.807, 2.05) is 0 Å². The van der Waals surface area contributed by atoms with Crippen molar-refractivity contribution < 1.29 is 45.1 Å². The number of rotatable bonds is 8. The minimum atomic E-state index is -3.07. The van der Waals surface area contributed by atoms with Gasteiger partial charge >= 0.3 is 291 Å². The van der Waals surface area contributed by atoms with E-state index in [1.165, 1.54) is 59.1 Å². The molecule has 8 rings (SSSR count). The number of allylic oxidation sites excluding steroid dienone is 2. The topological polar surface area (TPSA) is 0 Å². The van der Waals surface area contributed by atoms with Gasteiger partial charge in [-0.05, 0) is 0 Å².